The number of piperidine rings is 1. The Morgan fingerprint density at radius 2 is 1.83 bits per heavy atom. The molecule has 1 amide bonds. The molecule has 1 aliphatic heterocycles. The molecule has 1 heterocycles. The van der Waals surface area contributed by atoms with E-state index in [1.54, 1.807) is 0 Å². The molecule has 0 aromatic heterocycles. The number of hydrogen-bond acceptors (Lipinski definition) is 6. The topological polar surface area (TPSA) is 88.4 Å². The summed E-state index contributed by atoms with van der Waals surface area (Å²) in [7, 11) is 0. The molecule has 1 saturated heterocycles. The van der Waals surface area contributed by atoms with Gasteiger partial charge in [-0.3, -0.25) is 9.69 Å². The monoisotopic (exact) mass is 424 g/mol. The molecule has 2 aromatic rings. The van der Waals surface area contributed by atoms with Crippen molar-refractivity contribution in [2.24, 2.45) is 5.92 Å². The summed E-state index contributed by atoms with van der Waals surface area (Å²) in [5.41, 5.74) is 2.85. The zero-order valence-corrected chi connectivity index (χ0v) is 17.8. The SMILES string of the molecule is N#CCSc1ccccc1NC(=O)CNc1ccccc1CN1CCC(CO)CC1. The summed E-state index contributed by atoms with van der Waals surface area (Å²) < 4.78 is 0. The molecule has 7 heteroatoms. The minimum absolute atomic E-state index is 0.126. The van der Waals surface area contributed by atoms with Crippen molar-refractivity contribution in [3.05, 3.63) is 54.1 Å². The van der Waals surface area contributed by atoms with Crippen LogP contribution in [0.25, 0.3) is 0 Å². The number of anilines is 2. The molecule has 0 radical (unpaired) electrons. The van der Waals surface area contributed by atoms with Crippen LogP contribution >= 0.6 is 11.8 Å². The molecule has 0 atom stereocenters. The van der Waals surface area contributed by atoms with Gasteiger partial charge in [0.2, 0.25) is 5.91 Å². The molecule has 0 aliphatic carbocycles. The molecule has 0 spiro atoms. The number of carbonyl (C=O) groups is 1. The van der Waals surface area contributed by atoms with Gasteiger partial charge in [0.25, 0.3) is 0 Å². The Kier molecular flexibility index (Phi) is 8.57. The largest absolute Gasteiger partial charge is 0.396 e. The van der Waals surface area contributed by atoms with Crippen molar-refractivity contribution < 1.29 is 9.90 Å². The standard InChI is InChI=1S/C23H28N4O2S/c24-11-14-30-22-8-4-3-7-21(22)26-23(29)15-25-20-6-2-1-5-19(20)16-27-12-9-18(17-28)10-13-27/h1-8,18,25,28H,9-10,12-17H2,(H,26,29). The highest BCUT2D eigenvalue weighted by Gasteiger charge is 2.19. The molecule has 3 rings (SSSR count). The number of nitrogens with one attached hydrogen (secondary N) is 2. The minimum atomic E-state index is -0.126. The maximum Gasteiger partial charge on any atom is 0.243 e. The van der Waals surface area contributed by atoms with Gasteiger partial charge in [-0.1, -0.05) is 30.3 Å². The van der Waals surface area contributed by atoms with E-state index < -0.39 is 0 Å². The van der Waals surface area contributed by atoms with Gasteiger partial charge in [0.1, 0.15) is 0 Å². The first-order valence-corrected chi connectivity index (χ1v) is 11.2. The van der Waals surface area contributed by atoms with E-state index in [4.69, 9.17) is 5.26 Å². The Balaban J connectivity index is 1.55. The third-order valence-electron chi connectivity index (χ3n) is 5.27. The Bertz CT molecular complexity index is 876. The molecule has 158 valence electrons. The molecular weight excluding hydrogens is 396 g/mol. The fraction of sp³-hybridized carbons (Fsp3) is 0.391. The van der Waals surface area contributed by atoms with E-state index in [-0.39, 0.29) is 19.1 Å². The van der Waals surface area contributed by atoms with Crippen LogP contribution in [0, 0.1) is 17.2 Å². The number of amides is 1. The van der Waals surface area contributed by atoms with Crippen LogP contribution in [0.1, 0.15) is 18.4 Å². The molecule has 30 heavy (non-hydrogen) atoms. The molecule has 0 unspecified atom stereocenters. The summed E-state index contributed by atoms with van der Waals surface area (Å²) >= 11 is 1.41. The van der Waals surface area contributed by atoms with Crippen molar-refractivity contribution in [2.45, 2.75) is 24.3 Å². The number of nitrogens with zero attached hydrogens (tertiary/aromatic N) is 2. The van der Waals surface area contributed by atoms with Crippen LogP contribution < -0.4 is 10.6 Å². The highest BCUT2D eigenvalue weighted by atomic mass is 32.2. The van der Waals surface area contributed by atoms with Crippen molar-refractivity contribution in [3.8, 4) is 6.07 Å². The third kappa shape index (κ3) is 6.49. The first-order chi connectivity index (χ1) is 14.7. The van der Waals surface area contributed by atoms with E-state index in [2.05, 4.69) is 27.7 Å². The smallest absolute Gasteiger partial charge is 0.243 e. The van der Waals surface area contributed by atoms with E-state index >= 15 is 0 Å². The number of thioether (sulfide) groups is 1. The zero-order valence-electron chi connectivity index (χ0n) is 17.0. The number of benzene rings is 2. The quantitative estimate of drug-likeness (QED) is 0.534. The van der Waals surface area contributed by atoms with Crippen molar-refractivity contribution in [1.29, 1.82) is 5.26 Å². The van der Waals surface area contributed by atoms with E-state index in [1.807, 2.05) is 42.5 Å². The first kappa shape index (κ1) is 22.2. The van der Waals surface area contributed by atoms with Gasteiger partial charge in [-0.05, 0) is 55.6 Å². The fourth-order valence-electron chi connectivity index (χ4n) is 3.57. The molecule has 0 saturated carbocycles. The summed E-state index contributed by atoms with van der Waals surface area (Å²) in [6.45, 7) is 3.24. The van der Waals surface area contributed by atoms with Crippen molar-refractivity contribution in [3.63, 3.8) is 0 Å². The van der Waals surface area contributed by atoms with E-state index in [0.717, 1.165) is 54.3 Å². The summed E-state index contributed by atoms with van der Waals surface area (Å²) in [5, 5.41) is 24.3. The van der Waals surface area contributed by atoms with Gasteiger partial charge in [0.15, 0.2) is 0 Å². The van der Waals surface area contributed by atoms with Crippen LogP contribution in [0.3, 0.4) is 0 Å². The summed E-state index contributed by atoms with van der Waals surface area (Å²) in [4.78, 5) is 15.8. The predicted octanol–water partition coefficient (Wildman–Crippen LogP) is 3.56. The average Bonchev–Trinajstić information content (AvgIpc) is 2.78. The maximum absolute atomic E-state index is 12.5. The molecule has 1 fully saturated rings. The van der Waals surface area contributed by atoms with Crippen LogP contribution in [0.5, 0.6) is 0 Å². The number of rotatable bonds is 9. The molecule has 6 nitrogen and oxygen atoms in total. The van der Waals surface area contributed by atoms with Gasteiger partial charge in [-0.15, -0.1) is 11.8 Å². The van der Waals surface area contributed by atoms with Crippen molar-refractivity contribution >= 4 is 29.0 Å². The second-order valence-corrected chi connectivity index (χ2v) is 8.42. The Labute approximate surface area is 182 Å². The van der Waals surface area contributed by atoms with Gasteiger partial charge >= 0.3 is 0 Å². The zero-order chi connectivity index (χ0) is 21.2. The van der Waals surface area contributed by atoms with Crippen molar-refractivity contribution in [2.75, 3.05) is 42.6 Å². The molecule has 2 aromatic carbocycles. The fourth-order valence-corrected chi connectivity index (χ4v) is 4.24. The van der Waals surface area contributed by atoms with E-state index in [0.29, 0.717) is 11.7 Å². The van der Waals surface area contributed by atoms with E-state index in [9.17, 15) is 9.90 Å². The third-order valence-corrected chi connectivity index (χ3v) is 6.21. The van der Waals surface area contributed by atoms with Crippen LogP contribution in [0.15, 0.2) is 53.4 Å². The van der Waals surface area contributed by atoms with Gasteiger partial charge < -0.3 is 15.7 Å². The predicted molar refractivity (Wildman–Crippen MR) is 121 cm³/mol. The number of carbonyl (C=O) groups excluding carboxylic acids is 1. The lowest BCUT2D eigenvalue weighted by Crippen LogP contribution is -2.34. The van der Waals surface area contributed by atoms with Gasteiger partial charge in [0, 0.05) is 23.7 Å². The first-order valence-electron chi connectivity index (χ1n) is 10.2. The van der Waals surface area contributed by atoms with Gasteiger partial charge in [-0.2, -0.15) is 5.26 Å². The highest BCUT2D eigenvalue weighted by Crippen LogP contribution is 2.27. The number of aliphatic hydroxyl groups excluding tert-OH is 1. The Hall–Kier alpha value is -2.53. The van der Waals surface area contributed by atoms with Gasteiger partial charge in [-0.25, -0.2) is 0 Å². The second-order valence-electron chi connectivity index (χ2n) is 7.40. The van der Waals surface area contributed by atoms with Crippen LogP contribution in [0.4, 0.5) is 11.4 Å². The number of para-hydroxylation sites is 2. The number of aliphatic hydroxyl groups is 1. The van der Waals surface area contributed by atoms with Gasteiger partial charge in [0.05, 0.1) is 24.1 Å². The normalized spacial score (nSPS) is 14.8. The average molecular weight is 425 g/mol. The molecule has 1 aliphatic rings. The molecular formula is C23H28N4O2S. The highest BCUT2D eigenvalue weighted by molar-refractivity contribution is 7.99. The Morgan fingerprint density at radius 3 is 2.57 bits per heavy atom. The maximum atomic E-state index is 12.5. The molecule has 0 bridgehead atoms. The van der Waals surface area contributed by atoms with Crippen LogP contribution in [0.2, 0.25) is 0 Å². The lowest BCUT2D eigenvalue weighted by molar-refractivity contribution is -0.114. The number of nitriles is 1. The summed E-state index contributed by atoms with van der Waals surface area (Å²) in [6, 6.07) is 17.7. The summed E-state index contributed by atoms with van der Waals surface area (Å²) in [5.74, 6) is 0.639. The number of likely N-dealkylation sites (tertiary alicyclic amines) is 1. The molecule has 3 N–H and O–H groups in total. The Morgan fingerprint density at radius 1 is 1.13 bits per heavy atom. The van der Waals surface area contributed by atoms with Crippen LogP contribution in [-0.4, -0.2) is 47.9 Å². The number of hydrogen-bond donors (Lipinski definition) is 3. The summed E-state index contributed by atoms with van der Waals surface area (Å²) in [6.07, 6.45) is 2.05. The second kappa shape index (κ2) is 11.6. The van der Waals surface area contributed by atoms with E-state index in [1.165, 1.54) is 11.8 Å². The lowest BCUT2D eigenvalue weighted by Gasteiger charge is -2.31. The minimum Gasteiger partial charge on any atom is -0.396 e. The van der Waals surface area contributed by atoms with Crippen LogP contribution in [-0.2, 0) is 11.3 Å². The van der Waals surface area contributed by atoms with Crippen molar-refractivity contribution in [1.82, 2.24) is 4.90 Å². The lowest BCUT2D eigenvalue weighted by atomic mass is 9.97.